The fourth-order valence-electron chi connectivity index (χ4n) is 2.92. The minimum atomic E-state index is -0.565. The third kappa shape index (κ3) is 1.78. The summed E-state index contributed by atoms with van der Waals surface area (Å²) in [5, 5.41) is 20.7. The molecule has 7 nitrogen and oxygen atoms in total. The summed E-state index contributed by atoms with van der Waals surface area (Å²) in [5.41, 5.74) is 1.37. The van der Waals surface area contributed by atoms with Crippen LogP contribution < -0.4 is 20.9 Å². The third-order valence-corrected chi connectivity index (χ3v) is 3.86. The van der Waals surface area contributed by atoms with Crippen molar-refractivity contribution in [1.82, 2.24) is 16.0 Å². The quantitative estimate of drug-likeness (QED) is 0.409. The average molecular weight is 265 g/mol. The molecule has 19 heavy (non-hydrogen) atoms. The fraction of sp³-hybridized carbons (Fsp3) is 0.500. The number of hydrogen-bond donors (Lipinski definition) is 3. The summed E-state index contributed by atoms with van der Waals surface area (Å²) in [4.78, 5) is 12.6. The Morgan fingerprint density at radius 1 is 1.32 bits per heavy atom. The smallest absolute Gasteiger partial charge is 0.269 e. The van der Waals surface area contributed by atoms with Crippen LogP contribution in [-0.4, -0.2) is 39.3 Å². The van der Waals surface area contributed by atoms with E-state index in [9.17, 15) is 10.1 Å². The maximum Gasteiger partial charge on any atom is 0.269 e. The number of nitrogens with zero attached hydrogens (tertiary/aromatic N) is 2. The van der Waals surface area contributed by atoms with E-state index in [-0.39, 0.29) is 16.8 Å². The number of hydrogen-bond acceptors (Lipinski definition) is 6. The Hall–Kier alpha value is -1.70. The van der Waals surface area contributed by atoms with E-state index >= 15 is 0 Å². The number of non-ortho nitro benzene ring substituents is 1. The lowest BCUT2D eigenvalue weighted by Gasteiger charge is -2.37. The molecule has 0 aromatic heterocycles. The summed E-state index contributed by atoms with van der Waals surface area (Å²) in [5.74, 6) is 0. The number of benzene rings is 1. The predicted octanol–water partition coefficient (Wildman–Crippen LogP) is 0.182. The molecule has 2 rings (SSSR count). The Labute approximate surface area is 112 Å². The lowest BCUT2D eigenvalue weighted by molar-refractivity contribution is -0.384. The normalized spacial score (nSPS) is 20.4. The van der Waals surface area contributed by atoms with E-state index in [2.05, 4.69) is 20.9 Å². The molecule has 1 unspecified atom stereocenters. The molecule has 0 saturated heterocycles. The summed E-state index contributed by atoms with van der Waals surface area (Å²) in [6, 6.07) is 4.94. The topological polar surface area (TPSA) is 82.5 Å². The Balaban J connectivity index is 2.64. The Morgan fingerprint density at radius 2 is 1.95 bits per heavy atom. The number of nitro benzene ring substituents is 1. The van der Waals surface area contributed by atoms with Crippen LogP contribution >= 0.6 is 0 Å². The zero-order chi connectivity index (χ0) is 14.2. The maximum atomic E-state index is 11.0. The number of likely N-dealkylation sites (N-methyl/N-ethyl adjacent to an activating group) is 4. The number of rotatable bonds is 4. The Kier molecular flexibility index (Phi) is 3.44. The summed E-state index contributed by atoms with van der Waals surface area (Å²) >= 11 is 0. The van der Waals surface area contributed by atoms with Crippen LogP contribution in [0.15, 0.2) is 18.2 Å². The van der Waals surface area contributed by atoms with Gasteiger partial charge in [0.1, 0.15) is 11.8 Å². The van der Waals surface area contributed by atoms with Gasteiger partial charge in [0.15, 0.2) is 0 Å². The Bertz CT molecular complexity index is 501. The molecule has 0 bridgehead atoms. The highest BCUT2D eigenvalue weighted by atomic mass is 16.6. The summed E-state index contributed by atoms with van der Waals surface area (Å²) in [7, 11) is 7.50. The van der Waals surface area contributed by atoms with Crippen molar-refractivity contribution in [2.45, 2.75) is 11.8 Å². The predicted molar refractivity (Wildman–Crippen MR) is 74.1 cm³/mol. The van der Waals surface area contributed by atoms with Gasteiger partial charge < -0.3 is 4.90 Å². The van der Waals surface area contributed by atoms with Crippen molar-refractivity contribution < 1.29 is 4.92 Å². The van der Waals surface area contributed by atoms with E-state index in [1.807, 2.05) is 28.2 Å². The first-order valence-electron chi connectivity index (χ1n) is 6.08. The first kappa shape index (κ1) is 13.7. The zero-order valence-electron chi connectivity index (χ0n) is 11.5. The van der Waals surface area contributed by atoms with Crippen LogP contribution in [0.2, 0.25) is 0 Å². The van der Waals surface area contributed by atoms with Gasteiger partial charge in [-0.15, -0.1) is 0 Å². The molecule has 0 spiro atoms. The molecule has 0 saturated carbocycles. The van der Waals surface area contributed by atoms with Crippen LogP contribution in [0.25, 0.3) is 0 Å². The van der Waals surface area contributed by atoms with Gasteiger partial charge in [0.05, 0.1) is 4.92 Å². The van der Waals surface area contributed by atoms with Crippen molar-refractivity contribution in [2.75, 3.05) is 33.1 Å². The molecule has 104 valence electrons. The van der Waals surface area contributed by atoms with Gasteiger partial charge in [-0.3, -0.25) is 26.1 Å². The Morgan fingerprint density at radius 3 is 2.42 bits per heavy atom. The largest absolute Gasteiger partial charge is 0.355 e. The van der Waals surface area contributed by atoms with Crippen molar-refractivity contribution in [2.24, 2.45) is 0 Å². The van der Waals surface area contributed by atoms with Crippen molar-refractivity contribution >= 4 is 11.4 Å². The number of nitrogens with one attached hydrogen (secondary N) is 3. The van der Waals surface area contributed by atoms with Crippen molar-refractivity contribution in [3.63, 3.8) is 0 Å². The first-order chi connectivity index (χ1) is 9.01. The van der Waals surface area contributed by atoms with E-state index in [4.69, 9.17) is 0 Å². The van der Waals surface area contributed by atoms with Crippen molar-refractivity contribution in [1.29, 1.82) is 0 Å². The van der Waals surface area contributed by atoms with Gasteiger partial charge in [0.25, 0.3) is 5.69 Å². The van der Waals surface area contributed by atoms with Crippen LogP contribution in [0, 0.1) is 10.1 Å². The van der Waals surface area contributed by atoms with Gasteiger partial charge >= 0.3 is 0 Å². The molecule has 0 radical (unpaired) electrons. The number of anilines is 1. The summed E-state index contributed by atoms with van der Waals surface area (Å²) in [6.45, 7) is 0. The molecule has 1 heterocycles. The van der Waals surface area contributed by atoms with Gasteiger partial charge in [-0.25, -0.2) is 0 Å². The average Bonchev–Trinajstić information content (AvgIpc) is 2.67. The lowest BCUT2D eigenvalue weighted by atomic mass is 9.98. The molecule has 7 heteroatoms. The lowest BCUT2D eigenvalue weighted by Crippen LogP contribution is -2.64. The molecular formula is C12H19N5O2. The minimum Gasteiger partial charge on any atom is -0.355 e. The SMILES string of the molecule is CNC1N(C)c2ccc([N+](=O)[O-])cc2C1(NC)NC. The highest BCUT2D eigenvalue weighted by Crippen LogP contribution is 2.41. The maximum absolute atomic E-state index is 11.0. The fourth-order valence-corrected chi connectivity index (χ4v) is 2.92. The minimum absolute atomic E-state index is 0.0421. The van der Waals surface area contributed by atoms with E-state index in [1.165, 1.54) is 6.07 Å². The third-order valence-electron chi connectivity index (χ3n) is 3.86. The monoisotopic (exact) mass is 265 g/mol. The van der Waals surface area contributed by atoms with Gasteiger partial charge in [-0.05, 0) is 27.2 Å². The van der Waals surface area contributed by atoms with Gasteiger partial charge in [-0.2, -0.15) is 0 Å². The van der Waals surface area contributed by atoms with Crippen molar-refractivity contribution in [3.05, 3.63) is 33.9 Å². The second-order valence-electron chi connectivity index (χ2n) is 4.57. The van der Waals surface area contributed by atoms with E-state index in [0.29, 0.717) is 0 Å². The van der Waals surface area contributed by atoms with Crippen LogP contribution in [0.1, 0.15) is 5.56 Å². The van der Waals surface area contributed by atoms with Crippen LogP contribution in [0.4, 0.5) is 11.4 Å². The van der Waals surface area contributed by atoms with Crippen molar-refractivity contribution in [3.8, 4) is 0 Å². The first-order valence-corrected chi connectivity index (χ1v) is 6.08. The standard InChI is InChI=1S/C12H19N5O2/c1-13-11-12(14-2,15-3)9-7-8(17(18)19)5-6-10(9)16(11)4/h5-7,11,13-15H,1-4H3. The molecule has 0 amide bonds. The van der Waals surface area contributed by atoms with E-state index in [0.717, 1.165) is 11.3 Å². The molecular weight excluding hydrogens is 246 g/mol. The van der Waals surface area contributed by atoms with E-state index < -0.39 is 5.66 Å². The van der Waals surface area contributed by atoms with Gasteiger partial charge in [0, 0.05) is 30.4 Å². The van der Waals surface area contributed by atoms with Crippen LogP contribution in [-0.2, 0) is 5.66 Å². The summed E-state index contributed by atoms with van der Waals surface area (Å²) < 4.78 is 0. The van der Waals surface area contributed by atoms with Gasteiger partial charge in [-0.1, -0.05) is 0 Å². The molecule has 1 aliphatic rings. The molecule has 1 atom stereocenters. The molecule has 3 N–H and O–H groups in total. The highest BCUT2D eigenvalue weighted by molar-refractivity contribution is 5.66. The number of nitro groups is 1. The molecule has 0 fully saturated rings. The molecule has 1 aliphatic heterocycles. The second-order valence-corrected chi connectivity index (χ2v) is 4.57. The van der Waals surface area contributed by atoms with Crippen LogP contribution in [0.3, 0.4) is 0 Å². The van der Waals surface area contributed by atoms with Crippen LogP contribution in [0.5, 0.6) is 0 Å². The summed E-state index contributed by atoms with van der Waals surface area (Å²) in [6.07, 6.45) is -0.0421. The molecule has 1 aromatic rings. The zero-order valence-corrected chi connectivity index (χ0v) is 11.5. The number of fused-ring (bicyclic) bond motifs is 1. The molecule has 0 aliphatic carbocycles. The molecule has 1 aromatic carbocycles. The van der Waals surface area contributed by atoms with Gasteiger partial charge in [0.2, 0.25) is 0 Å². The highest BCUT2D eigenvalue weighted by Gasteiger charge is 2.48. The second kappa shape index (κ2) is 4.76. The van der Waals surface area contributed by atoms with E-state index in [1.54, 1.807) is 12.1 Å².